The summed E-state index contributed by atoms with van der Waals surface area (Å²) in [4.78, 5) is 24.9. The Morgan fingerprint density at radius 3 is 2.42 bits per heavy atom. The number of nitro groups is 1. The Morgan fingerprint density at radius 2 is 1.84 bits per heavy atom. The van der Waals surface area contributed by atoms with Crippen LogP contribution in [-0.4, -0.2) is 27.8 Å². The first-order valence-electron chi connectivity index (χ1n) is 6.58. The van der Waals surface area contributed by atoms with E-state index >= 15 is 0 Å². The number of rotatable bonds is 2. The van der Waals surface area contributed by atoms with E-state index in [0.717, 1.165) is 19.3 Å². The molecule has 5 heteroatoms. The average Bonchev–Trinajstić information content (AvgIpc) is 2.38. The van der Waals surface area contributed by atoms with E-state index in [1.807, 2.05) is 13.8 Å². The van der Waals surface area contributed by atoms with Crippen LogP contribution in [0.5, 0.6) is 0 Å². The minimum Gasteiger partial charge on any atom is -0.333 e. The van der Waals surface area contributed by atoms with Crippen LogP contribution in [0.3, 0.4) is 0 Å². The Labute approximate surface area is 112 Å². The summed E-state index contributed by atoms with van der Waals surface area (Å²) in [5.74, 6) is -0.230. The van der Waals surface area contributed by atoms with Gasteiger partial charge in [-0.05, 0) is 39.2 Å². The number of amides is 1. The van der Waals surface area contributed by atoms with Crippen LogP contribution >= 0.6 is 0 Å². The lowest BCUT2D eigenvalue weighted by Gasteiger charge is -2.39. The third-order valence-electron chi connectivity index (χ3n) is 3.76. The highest BCUT2D eigenvalue weighted by Gasteiger charge is 2.32. The Kier molecular flexibility index (Phi) is 3.83. The number of para-hydroxylation sites is 1. The third-order valence-corrected chi connectivity index (χ3v) is 3.76. The van der Waals surface area contributed by atoms with Crippen molar-refractivity contribution in [2.45, 2.75) is 45.2 Å². The van der Waals surface area contributed by atoms with Crippen molar-refractivity contribution in [2.24, 2.45) is 0 Å². The molecule has 0 spiro atoms. The number of likely N-dealkylation sites (tertiary alicyclic amines) is 1. The molecule has 19 heavy (non-hydrogen) atoms. The molecule has 0 radical (unpaired) electrons. The smallest absolute Gasteiger partial charge is 0.282 e. The van der Waals surface area contributed by atoms with Crippen molar-refractivity contribution in [3.05, 3.63) is 39.9 Å². The van der Waals surface area contributed by atoms with E-state index in [4.69, 9.17) is 0 Å². The fraction of sp³-hybridized carbons (Fsp3) is 0.500. The molecule has 1 aliphatic heterocycles. The van der Waals surface area contributed by atoms with Gasteiger partial charge in [-0.2, -0.15) is 0 Å². The molecule has 1 fully saturated rings. The number of hydrogen-bond donors (Lipinski definition) is 0. The molecule has 1 saturated heterocycles. The molecule has 2 unspecified atom stereocenters. The standard InChI is InChI=1S/C14H18N2O3/c1-10-6-5-7-11(2)15(10)14(17)12-8-3-4-9-13(12)16(18)19/h3-4,8-11H,5-7H2,1-2H3. The summed E-state index contributed by atoms with van der Waals surface area (Å²) in [7, 11) is 0. The Bertz CT molecular complexity index is 491. The summed E-state index contributed by atoms with van der Waals surface area (Å²) in [5, 5.41) is 11.0. The van der Waals surface area contributed by atoms with Crippen molar-refractivity contribution in [2.75, 3.05) is 0 Å². The highest BCUT2D eigenvalue weighted by Crippen LogP contribution is 2.27. The van der Waals surface area contributed by atoms with Crippen LogP contribution in [0.25, 0.3) is 0 Å². The molecule has 0 bridgehead atoms. The molecular weight excluding hydrogens is 244 g/mol. The zero-order valence-electron chi connectivity index (χ0n) is 11.2. The maximum atomic E-state index is 12.6. The number of carbonyl (C=O) groups is 1. The summed E-state index contributed by atoms with van der Waals surface area (Å²) >= 11 is 0. The molecule has 5 nitrogen and oxygen atoms in total. The molecule has 0 saturated carbocycles. The second kappa shape index (κ2) is 5.38. The molecule has 1 amide bonds. The van der Waals surface area contributed by atoms with Gasteiger partial charge in [-0.3, -0.25) is 14.9 Å². The Balaban J connectivity index is 2.36. The highest BCUT2D eigenvalue weighted by atomic mass is 16.6. The lowest BCUT2D eigenvalue weighted by Crippen LogP contribution is -2.47. The van der Waals surface area contributed by atoms with E-state index in [2.05, 4.69) is 0 Å². The molecule has 1 aromatic carbocycles. The number of carbonyl (C=O) groups excluding carboxylic acids is 1. The number of hydrogen-bond acceptors (Lipinski definition) is 3. The molecule has 0 aliphatic carbocycles. The lowest BCUT2D eigenvalue weighted by molar-refractivity contribution is -0.385. The number of benzene rings is 1. The van der Waals surface area contributed by atoms with E-state index in [0.29, 0.717) is 0 Å². The van der Waals surface area contributed by atoms with Crippen molar-refractivity contribution in [1.29, 1.82) is 0 Å². The third kappa shape index (κ3) is 2.59. The second-order valence-corrected chi connectivity index (χ2v) is 5.12. The zero-order valence-corrected chi connectivity index (χ0v) is 11.2. The monoisotopic (exact) mass is 262 g/mol. The first-order valence-corrected chi connectivity index (χ1v) is 6.58. The van der Waals surface area contributed by atoms with Gasteiger partial charge in [-0.1, -0.05) is 12.1 Å². The van der Waals surface area contributed by atoms with E-state index in [1.165, 1.54) is 12.1 Å². The van der Waals surface area contributed by atoms with E-state index in [1.54, 1.807) is 17.0 Å². The maximum Gasteiger partial charge on any atom is 0.282 e. The van der Waals surface area contributed by atoms with Crippen molar-refractivity contribution in [1.82, 2.24) is 4.90 Å². The normalized spacial score (nSPS) is 23.2. The summed E-state index contributed by atoms with van der Waals surface area (Å²) in [5.41, 5.74) is 0.0746. The van der Waals surface area contributed by atoms with Crippen LogP contribution in [0.1, 0.15) is 43.5 Å². The van der Waals surface area contributed by atoms with Gasteiger partial charge in [0.25, 0.3) is 11.6 Å². The fourth-order valence-corrected chi connectivity index (χ4v) is 2.77. The van der Waals surface area contributed by atoms with Gasteiger partial charge in [-0.15, -0.1) is 0 Å². The van der Waals surface area contributed by atoms with Crippen LogP contribution in [0.2, 0.25) is 0 Å². The van der Waals surface area contributed by atoms with E-state index < -0.39 is 4.92 Å². The highest BCUT2D eigenvalue weighted by molar-refractivity contribution is 5.98. The van der Waals surface area contributed by atoms with Gasteiger partial charge in [0.15, 0.2) is 0 Å². The molecule has 1 heterocycles. The minimum absolute atomic E-state index is 0.113. The minimum atomic E-state index is -0.494. The summed E-state index contributed by atoms with van der Waals surface area (Å²) in [6, 6.07) is 6.44. The summed E-state index contributed by atoms with van der Waals surface area (Å²) in [6.07, 6.45) is 3.01. The predicted molar refractivity (Wildman–Crippen MR) is 72.0 cm³/mol. The zero-order chi connectivity index (χ0) is 14.0. The SMILES string of the molecule is CC1CCCC(C)N1C(=O)c1ccccc1[N+](=O)[O-]. The fourth-order valence-electron chi connectivity index (χ4n) is 2.77. The first kappa shape index (κ1) is 13.5. The largest absolute Gasteiger partial charge is 0.333 e. The van der Waals surface area contributed by atoms with Crippen LogP contribution in [-0.2, 0) is 0 Å². The van der Waals surface area contributed by atoms with Gasteiger partial charge in [0.1, 0.15) is 5.56 Å². The number of nitrogens with zero attached hydrogens (tertiary/aromatic N) is 2. The average molecular weight is 262 g/mol. The molecule has 2 atom stereocenters. The quantitative estimate of drug-likeness (QED) is 0.608. The molecule has 102 valence electrons. The van der Waals surface area contributed by atoms with Gasteiger partial charge in [0.05, 0.1) is 4.92 Å². The lowest BCUT2D eigenvalue weighted by atomic mass is 9.96. The van der Waals surface area contributed by atoms with E-state index in [-0.39, 0.29) is 29.2 Å². The van der Waals surface area contributed by atoms with Gasteiger partial charge in [-0.25, -0.2) is 0 Å². The van der Waals surface area contributed by atoms with Crippen LogP contribution in [0.15, 0.2) is 24.3 Å². The van der Waals surface area contributed by atoms with Crippen LogP contribution < -0.4 is 0 Å². The Morgan fingerprint density at radius 1 is 1.26 bits per heavy atom. The molecule has 0 aromatic heterocycles. The van der Waals surface area contributed by atoms with Gasteiger partial charge >= 0.3 is 0 Å². The topological polar surface area (TPSA) is 63.5 Å². The summed E-state index contributed by atoms with van der Waals surface area (Å²) < 4.78 is 0. The van der Waals surface area contributed by atoms with Crippen molar-refractivity contribution >= 4 is 11.6 Å². The van der Waals surface area contributed by atoms with Gasteiger partial charge in [0.2, 0.25) is 0 Å². The van der Waals surface area contributed by atoms with E-state index in [9.17, 15) is 14.9 Å². The molecule has 1 aliphatic rings. The first-order chi connectivity index (χ1) is 9.02. The van der Waals surface area contributed by atoms with Crippen molar-refractivity contribution < 1.29 is 9.72 Å². The van der Waals surface area contributed by atoms with Crippen molar-refractivity contribution in [3.63, 3.8) is 0 Å². The van der Waals surface area contributed by atoms with Gasteiger partial charge in [0, 0.05) is 18.2 Å². The molecular formula is C14H18N2O3. The van der Waals surface area contributed by atoms with Gasteiger partial charge < -0.3 is 4.90 Å². The van der Waals surface area contributed by atoms with Crippen LogP contribution in [0, 0.1) is 10.1 Å². The number of nitro benzene ring substituents is 1. The Hall–Kier alpha value is -1.91. The molecule has 2 rings (SSSR count). The second-order valence-electron chi connectivity index (χ2n) is 5.12. The maximum absolute atomic E-state index is 12.6. The molecule has 1 aromatic rings. The summed E-state index contributed by atoms with van der Waals surface area (Å²) in [6.45, 7) is 4.00. The molecule has 0 N–H and O–H groups in total. The van der Waals surface area contributed by atoms with Crippen molar-refractivity contribution in [3.8, 4) is 0 Å². The van der Waals surface area contributed by atoms with Crippen LogP contribution in [0.4, 0.5) is 5.69 Å². The predicted octanol–water partition coefficient (Wildman–Crippen LogP) is 3.00. The number of piperidine rings is 1.